The maximum Gasteiger partial charge on any atom is 2.00 e. The van der Waals surface area contributed by atoms with Crippen LogP contribution in [0.4, 0.5) is 0 Å². The van der Waals surface area contributed by atoms with Crippen LogP contribution < -0.4 is 12.4 Å². The van der Waals surface area contributed by atoms with Gasteiger partial charge in [-0.3, -0.25) is 0 Å². The van der Waals surface area contributed by atoms with Crippen molar-refractivity contribution in [3.63, 3.8) is 0 Å². The van der Waals surface area contributed by atoms with Crippen molar-refractivity contribution < 1.29 is 12.4 Å². The van der Waals surface area contributed by atoms with Crippen LogP contribution in [0.25, 0.3) is 0 Å². The molecule has 0 bridgehead atoms. The summed E-state index contributed by atoms with van der Waals surface area (Å²) < 4.78 is 0. The molecule has 0 saturated heterocycles. The molecule has 1 aromatic carbocycles. The van der Waals surface area contributed by atoms with Crippen molar-refractivity contribution in [3.05, 3.63) is 35.9 Å². The molecule has 0 heterocycles. The second-order valence-corrected chi connectivity index (χ2v) is 2.65. The molecule has 62 valence electrons. The van der Waals surface area contributed by atoms with Gasteiger partial charge in [0.15, 0.2) is 0 Å². The quantitative estimate of drug-likeness (QED) is 0.443. The van der Waals surface area contributed by atoms with Crippen molar-refractivity contribution in [3.8, 4) is 0 Å². The van der Waals surface area contributed by atoms with Gasteiger partial charge in [0, 0.05) is 0 Å². The molecule has 12 heavy (non-hydrogen) atoms. The first kappa shape index (κ1) is 14.8. The molecule has 1 rings (SSSR count). The number of rotatable bonds is 2. The molecule has 0 radical (unpaired) electrons. The topological polar surface area (TPSA) is 0 Å². The van der Waals surface area contributed by atoms with Gasteiger partial charge >= 0.3 is 23.1 Å². The van der Waals surface area contributed by atoms with E-state index in [-0.39, 0.29) is 35.5 Å². The Morgan fingerprint density at radius 2 is 2.17 bits per heavy atom. The van der Waals surface area contributed by atoms with Crippen molar-refractivity contribution in [2.24, 2.45) is 0 Å². The van der Waals surface area contributed by atoms with Crippen LogP contribution in [-0.4, -0.2) is 23.1 Å². The molecule has 0 spiro atoms. The fourth-order valence-corrected chi connectivity index (χ4v) is 0.949. The first-order chi connectivity index (χ1) is 4.84. The summed E-state index contributed by atoms with van der Waals surface area (Å²) in [7, 11) is 0. The van der Waals surface area contributed by atoms with Crippen LogP contribution in [0, 0.1) is 6.07 Å². The summed E-state index contributed by atoms with van der Waals surface area (Å²) in [6, 6.07) is 11.3. The van der Waals surface area contributed by atoms with Crippen LogP contribution in [0.5, 0.6) is 0 Å². The molecule has 0 fully saturated rings. The Morgan fingerprint density at radius 3 is 2.58 bits per heavy atom. The molecule has 2 heteroatoms. The maximum atomic E-state index is 3.08. The Labute approximate surface area is 97.3 Å². The van der Waals surface area contributed by atoms with Gasteiger partial charge in [0.2, 0.25) is 0 Å². The fourth-order valence-electron chi connectivity index (χ4n) is 0.949. The minimum Gasteiger partial charge on any atom is -1.00 e. The van der Waals surface area contributed by atoms with Crippen LogP contribution in [0.1, 0.15) is 31.7 Å². The molecule has 0 aliphatic rings. The summed E-state index contributed by atoms with van der Waals surface area (Å²) >= 11 is 0. The van der Waals surface area contributed by atoms with Crippen molar-refractivity contribution >= 4 is 23.1 Å². The third-order valence-electron chi connectivity index (χ3n) is 1.91. The molecule has 0 amide bonds. The van der Waals surface area contributed by atoms with Crippen LogP contribution in [-0.2, 0) is 0 Å². The second-order valence-electron chi connectivity index (χ2n) is 2.65. The normalized spacial score (nSPS) is 10.8. The summed E-state index contributed by atoms with van der Waals surface area (Å²) in [5.74, 6) is 0.678. The summed E-state index contributed by atoms with van der Waals surface area (Å²) in [6.07, 6.45) is 1.21. The molecule has 0 aliphatic carbocycles. The van der Waals surface area contributed by atoms with E-state index in [4.69, 9.17) is 0 Å². The van der Waals surface area contributed by atoms with Crippen molar-refractivity contribution in [1.29, 1.82) is 0 Å². The van der Waals surface area contributed by atoms with Crippen molar-refractivity contribution in [2.75, 3.05) is 0 Å². The molecule has 0 aliphatic heterocycles. The van der Waals surface area contributed by atoms with Gasteiger partial charge in [-0.2, -0.15) is 35.9 Å². The molecule has 1 atom stereocenters. The molecular formula is C10H13ClMg. The summed E-state index contributed by atoms with van der Waals surface area (Å²) in [6.45, 7) is 4.45. The number of hydrogen-bond acceptors (Lipinski definition) is 0. The van der Waals surface area contributed by atoms with E-state index in [1.54, 1.807) is 0 Å². The maximum absolute atomic E-state index is 3.08. The minimum absolute atomic E-state index is 0. The standard InChI is InChI=1S/C10H13.ClH.Mg/c1-3-9(2)10-7-5-4-6-8-10;;/h4-5,7-9H,3H2,1-2H3;1H;/q-1;;+2/p-1. The fraction of sp³-hybridized carbons (Fsp3) is 0.400. The largest absolute Gasteiger partial charge is 2.00 e. The van der Waals surface area contributed by atoms with Gasteiger partial charge in [0.1, 0.15) is 0 Å². The van der Waals surface area contributed by atoms with Crippen molar-refractivity contribution in [1.82, 2.24) is 0 Å². The summed E-state index contributed by atoms with van der Waals surface area (Å²) in [4.78, 5) is 0. The van der Waals surface area contributed by atoms with E-state index in [2.05, 4.69) is 32.0 Å². The van der Waals surface area contributed by atoms with Crippen LogP contribution in [0.3, 0.4) is 0 Å². The van der Waals surface area contributed by atoms with Crippen LogP contribution in [0.2, 0.25) is 0 Å². The Kier molecular flexibility index (Phi) is 9.73. The van der Waals surface area contributed by atoms with Crippen molar-refractivity contribution in [2.45, 2.75) is 26.2 Å². The molecule has 0 aromatic heterocycles. The van der Waals surface area contributed by atoms with Crippen LogP contribution >= 0.6 is 0 Å². The van der Waals surface area contributed by atoms with E-state index in [1.165, 1.54) is 12.0 Å². The van der Waals surface area contributed by atoms with E-state index in [0.717, 1.165) is 0 Å². The Bertz CT molecular complexity index is 186. The zero-order valence-electron chi connectivity index (χ0n) is 7.68. The van der Waals surface area contributed by atoms with Gasteiger partial charge < -0.3 is 12.4 Å². The van der Waals surface area contributed by atoms with Gasteiger partial charge in [-0.05, 0) is 0 Å². The molecule has 0 N–H and O–H groups in total. The third kappa shape index (κ3) is 4.34. The van der Waals surface area contributed by atoms with Crippen LogP contribution in [0.15, 0.2) is 24.3 Å². The number of halogens is 1. The van der Waals surface area contributed by atoms with Gasteiger partial charge in [0.25, 0.3) is 0 Å². The van der Waals surface area contributed by atoms with E-state index in [9.17, 15) is 0 Å². The monoisotopic (exact) mass is 192 g/mol. The molecule has 1 aromatic rings. The SMILES string of the molecule is CCC(C)c1c[c-]ccc1.[Cl-].[Mg+2]. The number of benzene rings is 1. The van der Waals surface area contributed by atoms with E-state index in [0.29, 0.717) is 5.92 Å². The average molecular weight is 193 g/mol. The van der Waals surface area contributed by atoms with E-state index < -0.39 is 0 Å². The zero-order chi connectivity index (χ0) is 7.40. The summed E-state index contributed by atoms with van der Waals surface area (Å²) in [5, 5.41) is 0. The predicted octanol–water partition coefficient (Wildman–Crippen LogP) is -0.377. The molecule has 1 unspecified atom stereocenters. The summed E-state index contributed by atoms with van der Waals surface area (Å²) in [5.41, 5.74) is 1.39. The molecule has 0 nitrogen and oxygen atoms in total. The van der Waals surface area contributed by atoms with Gasteiger partial charge in [-0.1, -0.05) is 26.2 Å². The average Bonchev–Trinajstić information content (AvgIpc) is 2.05. The van der Waals surface area contributed by atoms with Gasteiger partial charge in [-0.15, -0.1) is 0 Å². The first-order valence-corrected chi connectivity index (χ1v) is 3.80. The Morgan fingerprint density at radius 1 is 1.50 bits per heavy atom. The van der Waals surface area contributed by atoms with Gasteiger partial charge in [0.05, 0.1) is 0 Å². The second kappa shape index (κ2) is 7.90. The number of hydrogen-bond donors (Lipinski definition) is 0. The Hall–Kier alpha value is 0.276. The molecule has 0 saturated carbocycles. The van der Waals surface area contributed by atoms with Gasteiger partial charge in [-0.25, -0.2) is 0 Å². The smallest absolute Gasteiger partial charge is 1.00 e. The molecular weight excluding hydrogens is 180 g/mol. The Balaban J connectivity index is 0. The minimum atomic E-state index is 0. The van der Waals surface area contributed by atoms with E-state index >= 15 is 0 Å². The van der Waals surface area contributed by atoms with E-state index in [1.807, 2.05) is 12.1 Å². The predicted molar refractivity (Wildman–Crippen MR) is 49.7 cm³/mol. The zero-order valence-corrected chi connectivity index (χ0v) is 9.85. The first-order valence-electron chi connectivity index (χ1n) is 3.80. The third-order valence-corrected chi connectivity index (χ3v) is 1.91.